The monoisotopic (exact) mass is 278 g/mol. The number of thioether (sulfide) groups is 1. The van der Waals surface area contributed by atoms with Crippen molar-refractivity contribution >= 4 is 17.4 Å². The first-order valence-electron chi connectivity index (χ1n) is 6.25. The topological polar surface area (TPSA) is 42.7 Å². The molecule has 1 aliphatic heterocycles. The van der Waals surface area contributed by atoms with Gasteiger partial charge >= 0.3 is 0 Å². The van der Waals surface area contributed by atoms with Crippen LogP contribution >= 0.6 is 11.8 Å². The van der Waals surface area contributed by atoms with Crippen molar-refractivity contribution in [3.05, 3.63) is 36.7 Å². The van der Waals surface area contributed by atoms with Crippen LogP contribution in [0.5, 0.6) is 0 Å². The molecule has 1 aromatic heterocycles. The first kappa shape index (κ1) is 12.5. The van der Waals surface area contributed by atoms with Gasteiger partial charge in [0.2, 0.25) is 0 Å². The molecular formula is C13H15FN4S. The number of hydrogen-bond acceptors (Lipinski definition) is 4. The molecule has 100 valence electrons. The molecule has 4 nitrogen and oxygen atoms in total. The van der Waals surface area contributed by atoms with Gasteiger partial charge in [-0.25, -0.2) is 14.1 Å². The number of anilines is 1. The molecule has 0 bridgehead atoms. The van der Waals surface area contributed by atoms with Gasteiger partial charge in [-0.3, -0.25) is 0 Å². The second-order valence-corrected chi connectivity index (χ2v) is 6.20. The molecule has 0 amide bonds. The molecule has 2 atom stereocenters. The van der Waals surface area contributed by atoms with Crippen LogP contribution in [0.15, 0.2) is 30.9 Å². The maximum Gasteiger partial charge on any atom is 0.150 e. The first-order valence-corrected chi connectivity index (χ1v) is 7.30. The average molecular weight is 278 g/mol. The van der Waals surface area contributed by atoms with Crippen LogP contribution in [0.4, 0.5) is 10.1 Å². The highest BCUT2D eigenvalue weighted by Crippen LogP contribution is 2.28. The SMILES string of the molecule is CC1CC(Nc2ccc(-n3cncn3)c(F)c2)CS1. The van der Waals surface area contributed by atoms with Gasteiger partial charge in [0.25, 0.3) is 0 Å². The lowest BCUT2D eigenvalue weighted by Gasteiger charge is -2.14. The summed E-state index contributed by atoms with van der Waals surface area (Å²) in [7, 11) is 0. The molecular weight excluding hydrogens is 263 g/mol. The van der Waals surface area contributed by atoms with Gasteiger partial charge in [0.15, 0.2) is 5.82 Å². The summed E-state index contributed by atoms with van der Waals surface area (Å²) in [4.78, 5) is 3.82. The summed E-state index contributed by atoms with van der Waals surface area (Å²) in [5.74, 6) is 0.780. The first-order chi connectivity index (χ1) is 9.22. The number of hydrogen-bond donors (Lipinski definition) is 1. The number of aromatic nitrogens is 3. The highest BCUT2D eigenvalue weighted by molar-refractivity contribution is 8.00. The van der Waals surface area contributed by atoms with E-state index in [1.54, 1.807) is 6.07 Å². The minimum Gasteiger partial charge on any atom is -0.381 e. The predicted octanol–water partition coefficient (Wildman–Crippen LogP) is 2.71. The van der Waals surface area contributed by atoms with Gasteiger partial charge < -0.3 is 5.32 Å². The molecule has 6 heteroatoms. The Bertz CT molecular complexity index is 558. The zero-order valence-electron chi connectivity index (χ0n) is 10.6. The molecule has 2 unspecified atom stereocenters. The molecule has 2 aromatic rings. The van der Waals surface area contributed by atoms with Crippen molar-refractivity contribution in [3.8, 4) is 5.69 Å². The van der Waals surface area contributed by atoms with Crippen LogP contribution in [0.25, 0.3) is 5.69 Å². The molecule has 1 aliphatic rings. The van der Waals surface area contributed by atoms with Crippen LogP contribution in [0.3, 0.4) is 0 Å². The van der Waals surface area contributed by atoms with Crippen molar-refractivity contribution in [2.45, 2.75) is 24.6 Å². The number of nitrogens with one attached hydrogen (secondary N) is 1. The highest BCUT2D eigenvalue weighted by atomic mass is 32.2. The molecule has 0 saturated carbocycles. The Morgan fingerprint density at radius 3 is 3.00 bits per heavy atom. The van der Waals surface area contributed by atoms with Crippen molar-refractivity contribution in [1.82, 2.24) is 14.8 Å². The van der Waals surface area contributed by atoms with Crippen molar-refractivity contribution in [2.75, 3.05) is 11.1 Å². The number of benzene rings is 1. The average Bonchev–Trinajstić information content (AvgIpc) is 3.01. The summed E-state index contributed by atoms with van der Waals surface area (Å²) in [5.41, 5.74) is 1.23. The molecule has 0 radical (unpaired) electrons. The Hall–Kier alpha value is -1.56. The molecule has 1 N–H and O–H groups in total. The van der Waals surface area contributed by atoms with Gasteiger partial charge in [0, 0.05) is 22.7 Å². The Morgan fingerprint density at radius 1 is 1.47 bits per heavy atom. The quantitative estimate of drug-likeness (QED) is 0.937. The minimum atomic E-state index is -0.297. The fourth-order valence-corrected chi connectivity index (χ4v) is 3.42. The van der Waals surface area contributed by atoms with Crippen molar-refractivity contribution in [2.24, 2.45) is 0 Å². The highest BCUT2D eigenvalue weighted by Gasteiger charge is 2.21. The molecule has 0 spiro atoms. The normalized spacial score (nSPS) is 22.6. The second-order valence-electron chi connectivity index (χ2n) is 4.73. The second kappa shape index (κ2) is 5.21. The van der Waals surface area contributed by atoms with Crippen LogP contribution in [-0.4, -0.2) is 31.8 Å². The Labute approximate surface area is 115 Å². The summed E-state index contributed by atoms with van der Waals surface area (Å²) in [6, 6.07) is 5.55. The molecule has 1 aromatic carbocycles. The summed E-state index contributed by atoms with van der Waals surface area (Å²) < 4.78 is 15.5. The minimum absolute atomic E-state index is 0.297. The van der Waals surface area contributed by atoms with E-state index in [0.717, 1.165) is 17.9 Å². The van der Waals surface area contributed by atoms with E-state index in [9.17, 15) is 4.39 Å². The number of rotatable bonds is 3. The van der Waals surface area contributed by atoms with Crippen LogP contribution in [0.1, 0.15) is 13.3 Å². The van der Waals surface area contributed by atoms with E-state index in [4.69, 9.17) is 0 Å². The fourth-order valence-electron chi connectivity index (χ4n) is 2.27. The van der Waals surface area contributed by atoms with E-state index < -0.39 is 0 Å². The molecule has 19 heavy (non-hydrogen) atoms. The van der Waals surface area contributed by atoms with E-state index in [1.165, 1.54) is 23.4 Å². The van der Waals surface area contributed by atoms with Gasteiger partial charge in [-0.05, 0) is 24.6 Å². The lowest BCUT2D eigenvalue weighted by atomic mass is 10.2. The molecule has 1 fully saturated rings. The Kier molecular flexibility index (Phi) is 3.42. The van der Waals surface area contributed by atoms with Gasteiger partial charge in [-0.15, -0.1) is 0 Å². The van der Waals surface area contributed by atoms with Gasteiger partial charge in [0.1, 0.15) is 18.3 Å². The van der Waals surface area contributed by atoms with Crippen molar-refractivity contribution in [1.29, 1.82) is 0 Å². The van der Waals surface area contributed by atoms with E-state index in [0.29, 0.717) is 17.0 Å². The maximum absolute atomic E-state index is 14.0. The molecule has 0 aliphatic carbocycles. The summed E-state index contributed by atoms with van der Waals surface area (Å²) in [6.07, 6.45) is 4.00. The van der Waals surface area contributed by atoms with E-state index in [1.807, 2.05) is 17.8 Å². The third-order valence-electron chi connectivity index (χ3n) is 3.18. The van der Waals surface area contributed by atoms with Crippen LogP contribution in [0.2, 0.25) is 0 Å². The summed E-state index contributed by atoms with van der Waals surface area (Å²) in [6.45, 7) is 2.22. The van der Waals surface area contributed by atoms with Crippen LogP contribution in [0, 0.1) is 5.82 Å². The number of halogens is 1. The van der Waals surface area contributed by atoms with Gasteiger partial charge in [0.05, 0.1) is 0 Å². The summed E-state index contributed by atoms with van der Waals surface area (Å²) >= 11 is 1.95. The predicted molar refractivity (Wildman–Crippen MR) is 75.3 cm³/mol. The fraction of sp³-hybridized carbons (Fsp3) is 0.385. The standard InChI is InChI=1S/C13H15FN4S/c1-9-4-11(6-19-9)17-10-2-3-13(12(14)5-10)18-8-15-7-16-18/h2-3,5,7-9,11,17H,4,6H2,1H3. The van der Waals surface area contributed by atoms with E-state index in [-0.39, 0.29) is 5.82 Å². The Balaban J connectivity index is 1.76. The lowest BCUT2D eigenvalue weighted by molar-refractivity contribution is 0.610. The maximum atomic E-state index is 14.0. The zero-order chi connectivity index (χ0) is 13.2. The van der Waals surface area contributed by atoms with Crippen LogP contribution < -0.4 is 5.32 Å². The zero-order valence-corrected chi connectivity index (χ0v) is 11.4. The van der Waals surface area contributed by atoms with E-state index >= 15 is 0 Å². The van der Waals surface area contributed by atoms with Crippen molar-refractivity contribution < 1.29 is 4.39 Å². The van der Waals surface area contributed by atoms with Crippen LogP contribution in [-0.2, 0) is 0 Å². The summed E-state index contributed by atoms with van der Waals surface area (Å²) in [5, 5.41) is 7.99. The number of nitrogens with zero attached hydrogens (tertiary/aromatic N) is 3. The largest absolute Gasteiger partial charge is 0.381 e. The lowest BCUT2D eigenvalue weighted by Crippen LogP contribution is -2.19. The third kappa shape index (κ3) is 2.73. The molecule has 1 saturated heterocycles. The van der Waals surface area contributed by atoms with Gasteiger partial charge in [-0.2, -0.15) is 16.9 Å². The van der Waals surface area contributed by atoms with Gasteiger partial charge in [-0.1, -0.05) is 6.92 Å². The van der Waals surface area contributed by atoms with Crippen molar-refractivity contribution in [3.63, 3.8) is 0 Å². The van der Waals surface area contributed by atoms with E-state index in [2.05, 4.69) is 22.3 Å². The molecule has 2 heterocycles. The molecule has 3 rings (SSSR count). The Morgan fingerprint density at radius 2 is 2.37 bits per heavy atom. The smallest absolute Gasteiger partial charge is 0.150 e. The third-order valence-corrected chi connectivity index (χ3v) is 4.54.